The van der Waals surface area contributed by atoms with Crippen molar-refractivity contribution in [1.82, 2.24) is 4.98 Å². The van der Waals surface area contributed by atoms with Crippen molar-refractivity contribution in [2.24, 2.45) is 0 Å². The van der Waals surface area contributed by atoms with Gasteiger partial charge in [-0.15, -0.1) is 0 Å². The summed E-state index contributed by atoms with van der Waals surface area (Å²) in [4.78, 5) is 4.15. The summed E-state index contributed by atoms with van der Waals surface area (Å²) < 4.78 is 4.92. The Morgan fingerprint density at radius 3 is 3.00 bits per heavy atom. The summed E-state index contributed by atoms with van der Waals surface area (Å²) in [6.07, 6.45) is 1.67. The van der Waals surface area contributed by atoms with Crippen LogP contribution in [0, 0.1) is 0 Å². The molecule has 0 amide bonds. The van der Waals surface area contributed by atoms with Crippen LogP contribution < -0.4 is 5.73 Å². The lowest BCUT2D eigenvalue weighted by atomic mass is 10.4. The van der Waals surface area contributed by atoms with Gasteiger partial charge >= 0.3 is 0 Å². The Morgan fingerprint density at radius 1 is 1.54 bits per heavy atom. The second kappa shape index (κ2) is 6.12. The zero-order valence-corrected chi connectivity index (χ0v) is 9.03. The van der Waals surface area contributed by atoms with Crippen molar-refractivity contribution < 1.29 is 4.74 Å². The number of pyridine rings is 1. The fourth-order valence-corrected chi connectivity index (χ4v) is 2.43. The smallest absolute Gasteiger partial charge is 0.107 e. The molecular weight excluding hydrogens is 204 g/mol. The highest BCUT2D eigenvalue weighted by molar-refractivity contribution is 8.76. The van der Waals surface area contributed by atoms with Crippen molar-refractivity contribution in [3.05, 3.63) is 18.3 Å². The van der Waals surface area contributed by atoms with Crippen LogP contribution in [0.5, 0.6) is 0 Å². The van der Waals surface area contributed by atoms with E-state index in [0.29, 0.717) is 5.69 Å². The molecule has 0 aliphatic rings. The highest BCUT2D eigenvalue weighted by Gasteiger charge is 1.95. The predicted molar refractivity (Wildman–Crippen MR) is 58.8 cm³/mol. The van der Waals surface area contributed by atoms with E-state index < -0.39 is 0 Å². The third-order valence-corrected chi connectivity index (χ3v) is 3.50. The van der Waals surface area contributed by atoms with E-state index in [9.17, 15) is 0 Å². The van der Waals surface area contributed by atoms with Gasteiger partial charge in [-0.3, -0.25) is 0 Å². The molecule has 0 bridgehead atoms. The highest BCUT2D eigenvalue weighted by atomic mass is 33.1. The van der Waals surface area contributed by atoms with Gasteiger partial charge in [0.25, 0.3) is 0 Å². The zero-order chi connectivity index (χ0) is 9.52. The number of anilines is 1. The molecular formula is C8H12N2OS2. The van der Waals surface area contributed by atoms with Gasteiger partial charge in [-0.05, 0) is 22.9 Å². The fourth-order valence-electron chi connectivity index (χ4n) is 0.660. The lowest BCUT2D eigenvalue weighted by Crippen LogP contribution is -1.89. The van der Waals surface area contributed by atoms with E-state index in [2.05, 4.69) is 4.98 Å². The molecule has 1 rings (SSSR count). The van der Waals surface area contributed by atoms with Gasteiger partial charge in [0, 0.05) is 12.9 Å². The first kappa shape index (κ1) is 10.7. The topological polar surface area (TPSA) is 48.1 Å². The van der Waals surface area contributed by atoms with E-state index in [1.807, 2.05) is 12.1 Å². The van der Waals surface area contributed by atoms with Crippen LogP contribution in [0.4, 0.5) is 5.69 Å². The Bertz CT molecular complexity index is 240. The maximum Gasteiger partial charge on any atom is 0.107 e. The summed E-state index contributed by atoms with van der Waals surface area (Å²) in [7, 11) is 5.07. The number of rotatable bonds is 5. The fraction of sp³-hybridized carbons (Fsp3) is 0.375. The van der Waals surface area contributed by atoms with Gasteiger partial charge < -0.3 is 10.5 Å². The normalized spacial score (nSPS) is 10.2. The molecule has 0 fully saturated rings. The van der Waals surface area contributed by atoms with Crippen molar-refractivity contribution in [3.63, 3.8) is 0 Å². The van der Waals surface area contributed by atoms with Gasteiger partial charge in [0.05, 0.1) is 18.5 Å². The van der Waals surface area contributed by atoms with Crippen molar-refractivity contribution in [3.8, 4) is 0 Å². The second-order valence-corrected chi connectivity index (χ2v) is 4.76. The number of nitrogens with two attached hydrogens (primary N) is 1. The molecule has 5 heteroatoms. The summed E-state index contributed by atoms with van der Waals surface area (Å²) in [5.41, 5.74) is 6.20. The molecule has 0 spiro atoms. The molecule has 1 aromatic heterocycles. The average molecular weight is 216 g/mol. The zero-order valence-electron chi connectivity index (χ0n) is 7.40. The first-order valence-corrected chi connectivity index (χ1v) is 6.15. The Morgan fingerprint density at radius 2 is 2.38 bits per heavy atom. The third kappa shape index (κ3) is 4.40. The minimum Gasteiger partial charge on any atom is -0.397 e. The van der Waals surface area contributed by atoms with Crippen LogP contribution in [0.1, 0.15) is 0 Å². The molecule has 0 radical (unpaired) electrons. The van der Waals surface area contributed by atoms with Crippen LogP contribution in [0.25, 0.3) is 0 Å². The van der Waals surface area contributed by atoms with E-state index in [1.54, 1.807) is 34.9 Å². The molecule has 0 atom stereocenters. The largest absolute Gasteiger partial charge is 0.397 e. The number of aromatic nitrogens is 1. The predicted octanol–water partition coefficient (Wildman–Crippen LogP) is 2.05. The van der Waals surface area contributed by atoms with Crippen LogP contribution in [0.3, 0.4) is 0 Å². The van der Waals surface area contributed by atoms with Gasteiger partial charge in [-0.25, -0.2) is 4.98 Å². The molecule has 0 unspecified atom stereocenters. The Balaban J connectivity index is 2.25. The van der Waals surface area contributed by atoms with Crippen LogP contribution in [0.2, 0.25) is 0 Å². The molecule has 1 heterocycles. The lowest BCUT2D eigenvalue weighted by Gasteiger charge is -1.99. The van der Waals surface area contributed by atoms with E-state index in [0.717, 1.165) is 17.4 Å². The van der Waals surface area contributed by atoms with Crippen molar-refractivity contribution >= 4 is 27.3 Å². The standard InChI is InChI=1S/C8H12N2OS2/c1-11-4-5-12-13-8-3-2-7(9)6-10-8/h2-3,6H,4-5,9H2,1H3. The van der Waals surface area contributed by atoms with Gasteiger partial charge in [-0.2, -0.15) is 0 Å². The molecule has 0 aromatic carbocycles. The molecule has 0 saturated heterocycles. The summed E-state index contributed by atoms with van der Waals surface area (Å²) in [6, 6.07) is 3.77. The number of hydrogen-bond acceptors (Lipinski definition) is 5. The Labute approximate surface area is 85.8 Å². The van der Waals surface area contributed by atoms with Crippen LogP contribution in [0.15, 0.2) is 23.4 Å². The number of hydrogen-bond donors (Lipinski definition) is 1. The lowest BCUT2D eigenvalue weighted by molar-refractivity contribution is 0.219. The maximum atomic E-state index is 5.50. The third-order valence-electron chi connectivity index (χ3n) is 1.27. The molecule has 0 aliphatic carbocycles. The summed E-state index contributed by atoms with van der Waals surface area (Å²) >= 11 is 0. The number of nitrogens with zero attached hydrogens (tertiary/aromatic N) is 1. The number of ether oxygens (including phenoxy) is 1. The van der Waals surface area contributed by atoms with Crippen LogP contribution in [-0.4, -0.2) is 24.5 Å². The van der Waals surface area contributed by atoms with E-state index in [1.165, 1.54) is 0 Å². The van der Waals surface area contributed by atoms with Gasteiger partial charge in [0.15, 0.2) is 0 Å². The maximum absolute atomic E-state index is 5.50. The van der Waals surface area contributed by atoms with Crippen molar-refractivity contribution in [2.75, 3.05) is 25.2 Å². The van der Waals surface area contributed by atoms with Crippen LogP contribution in [-0.2, 0) is 4.74 Å². The Kier molecular flexibility index (Phi) is 5.03. The second-order valence-electron chi connectivity index (χ2n) is 2.33. The highest BCUT2D eigenvalue weighted by Crippen LogP contribution is 2.28. The number of nitrogen functional groups attached to an aromatic ring is 1. The summed E-state index contributed by atoms with van der Waals surface area (Å²) in [5, 5.41) is 0.982. The Hall–Kier alpha value is -0.390. The summed E-state index contributed by atoms with van der Waals surface area (Å²) in [6.45, 7) is 0.770. The first-order chi connectivity index (χ1) is 6.33. The van der Waals surface area contributed by atoms with Crippen molar-refractivity contribution in [1.29, 1.82) is 0 Å². The molecule has 1 aromatic rings. The average Bonchev–Trinajstić information content (AvgIpc) is 2.15. The summed E-state index contributed by atoms with van der Waals surface area (Å²) in [5.74, 6) is 0.965. The van der Waals surface area contributed by atoms with Gasteiger partial charge in [0.2, 0.25) is 0 Å². The van der Waals surface area contributed by atoms with E-state index >= 15 is 0 Å². The monoisotopic (exact) mass is 216 g/mol. The minimum absolute atomic E-state index is 0.700. The SMILES string of the molecule is COCCSSc1ccc(N)cn1. The van der Waals surface area contributed by atoms with Crippen molar-refractivity contribution in [2.45, 2.75) is 5.03 Å². The number of methoxy groups -OCH3 is 1. The molecule has 72 valence electrons. The minimum atomic E-state index is 0.700. The molecule has 2 N–H and O–H groups in total. The van der Waals surface area contributed by atoms with Crippen LogP contribution >= 0.6 is 21.6 Å². The molecule has 3 nitrogen and oxygen atoms in total. The van der Waals surface area contributed by atoms with E-state index in [4.69, 9.17) is 10.5 Å². The van der Waals surface area contributed by atoms with E-state index in [-0.39, 0.29) is 0 Å². The van der Waals surface area contributed by atoms with Gasteiger partial charge in [0.1, 0.15) is 5.03 Å². The quantitative estimate of drug-likeness (QED) is 0.603. The first-order valence-electron chi connectivity index (χ1n) is 3.83. The molecule has 0 saturated carbocycles. The van der Waals surface area contributed by atoms with Gasteiger partial charge in [-0.1, -0.05) is 10.8 Å². The molecule has 0 aliphatic heterocycles. The molecule has 13 heavy (non-hydrogen) atoms.